The number of hydrogen-bond donors (Lipinski definition) is 2. The van der Waals surface area contributed by atoms with Crippen molar-refractivity contribution < 1.29 is 14.6 Å². The molecule has 4 bridgehead atoms. The first-order chi connectivity index (χ1) is 23.4. The number of piperazine rings is 2. The summed E-state index contributed by atoms with van der Waals surface area (Å²) in [6.45, 7) is 6.52. The van der Waals surface area contributed by atoms with Crippen LogP contribution < -0.4 is 15.5 Å². The van der Waals surface area contributed by atoms with Gasteiger partial charge in [0.15, 0.2) is 5.82 Å². The van der Waals surface area contributed by atoms with E-state index in [1.165, 1.54) is 44.1 Å². The molecule has 3 unspecified atom stereocenters. The lowest BCUT2D eigenvalue weighted by Crippen LogP contribution is -2.57. The zero-order valence-corrected chi connectivity index (χ0v) is 27.8. The molecule has 3 aromatic rings. The van der Waals surface area contributed by atoms with Crippen LogP contribution in [0.3, 0.4) is 0 Å². The van der Waals surface area contributed by atoms with Gasteiger partial charge in [-0.25, -0.2) is 9.97 Å². The molecule has 4 aliphatic heterocycles. The number of phenols is 1. The van der Waals surface area contributed by atoms with Gasteiger partial charge in [-0.15, -0.1) is 10.2 Å². The van der Waals surface area contributed by atoms with Crippen LogP contribution in [0.5, 0.6) is 5.75 Å². The molecule has 0 amide bonds. The molecule has 2 aromatic heterocycles. The number of nitrogens with two attached hydrogens (primary N) is 1. The van der Waals surface area contributed by atoms with Crippen molar-refractivity contribution in [3.8, 4) is 17.0 Å². The monoisotopic (exact) mass is 653 g/mol. The Kier molecular flexibility index (Phi) is 8.54. The summed E-state index contributed by atoms with van der Waals surface area (Å²) in [6, 6.07) is 11.3. The number of esters is 1. The molecule has 0 radical (unpaired) electrons. The van der Waals surface area contributed by atoms with Gasteiger partial charge in [0, 0.05) is 74.3 Å². The number of nitrogen functional groups attached to an aromatic ring is 1. The van der Waals surface area contributed by atoms with Crippen LogP contribution in [0.4, 0.5) is 17.5 Å². The number of nitrogens with zero attached hydrogens (tertiary/aromatic N) is 8. The average molecular weight is 654 g/mol. The number of anilines is 3. The Hall–Kier alpha value is -4.03. The van der Waals surface area contributed by atoms with E-state index in [9.17, 15) is 9.90 Å². The van der Waals surface area contributed by atoms with E-state index < -0.39 is 0 Å². The summed E-state index contributed by atoms with van der Waals surface area (Å²) >= 11 is 0. The van der Waals surface area contributed by atoms with Gasteiger partial charge in [0.2, 0.25) is 5.95 Å². The van der Waals surface area contributed by atoms with Crippen LogP contribution in [0.2, 0.25) is 0 Å². The van der Waals surface area contributed by atoms with E-state index >= 15 is 0 Å². The zero-order valence-electron chi connectivity index (χ0n) is 27.8. The summed E-state index contributed by atoms with van der Waals surface area (Å²) in [6.07, 6.45) is 13.4. The minimum atomic E-state index is -0.0839. The number of carbonyl (C=O) groups is 1. The standard InChI is InChI=1S/C36H47N9O3/c1-2-48-34(47)22-44-26-11-12-27(44)19-42(18-26)25-9-7-23(8-10-25)24-16-38-36(39-17-24)45-28-13-14-29(45)21-43(20-28)32-15-31(40-41-35(32)37)30-5-3-4-6-33(30)46/h3-6,15-17,23,25-29,46H,2,7-14,18-22H2,1H3,(H2,37,41)/t23?,25?,26?,27?,28-,29?/m1/s1. The van der Waals surface area contributed by atoms with Gasteiger partial charge in [0.05, 0.1) is 24.5 Å². The Morgan fingerprint density at radius 1 is 0.875 bits per heavy atom. The number of rotatable bonds is 8. The number of aromatic nitrogens is 4. The van der Waals surface area contributed by atoms with Crippen molar-refractivity contribution in [3.63, 3.8) is 0 Å². The molecule has 4 saturated heterocycles. The first-order valence-electron chi connectivity index (χ1n) is 17.9. The van der Waals surface area contributed by atoms with Gasteiger partial charge in [-0.05, 0) is 88.0 Å². The highest BCUT2D eigenvalue weighted by molar-refractivity contribution is 5.74. The van der Waals surface area contributed by atoms with Gasteiger partial charge < -0.3 is 25.4 Å². The lowest BCUT2D eigenvalue weighted by Gasteiger charge is -2.45. The van der Waals surface area contributed by atoms with Crippen molar-refractivity contribution in [1.82, 2.24) is 30.0 Å². The van der Waals surface area contributed by atoms with Crippen molar-refractivity contribution in [2.75, 3.05) is 54.9 Å². The third kappa shape index (κ3) is 5.93. The van der Waals surface area contributed by atoms with Gasteiger partial charge in [-0.2, -0.15) is 0 Å². The Bertz CT molecular complexity index is 1590. The molecule has 0 spiro atoms. The van der Waals surface area contributed by atoms with Crippen LogP contribution in [0.15, 0.2) is 42.7 Å². The minimum absolute atomic E-state index is 0.0839. The molecule has 5 aliphatic rings. The number of ether oxygens (including phenoxy) is 1. The molecule has 1 saturated carbocycles. The van der Waals surface area contributed by atoms with Gasteiger partial charge >= 0.3 is 5.97 Å². The molecule has 1 aliphatic carbocycles. The summed E-state index contributed by atoms with van der Waals surface area (Å²) < 4.78 is 5.24. The average Bonchev–Trinajstić information content (AvgIpc) is 3.49. The Morgan fingerprint density at radius 3 is 2.19 bits per heavy atom. The van der Waals surface area contributed by atoms with Gasteiger partial charge in [0.1, 0.15) is 5.75 Å². The number of phenolic OH excluding ortho intramolecular Hbond substituents is 1. The van der Waals surface area contributed by atoms with E-state index in [0.29, 0.717) is 66.4 Å². The Morgan fingerprint density at radius 2 is 1.52 bits per heavy atom. The third-order valence-electron chi connectivity index (χ3n) is 11.7. The number of aromatic hydroxyl groups is 1. The molecule has 8 rings (SSSR count). The van der Waals surface area contributed by atoms with Crippen LogP contribution in [-0.2, 0) is 9.53 Å². The molecule has 48 heavy (non-hydrogen) atoms. The van der Waals surface area contributed by atoms with Gasteiger partial charge in [0.25, 0.3) is 0 Å². The van der Waals surface area contributed by atoms with Crippen molar-refractivity contribution in [2.24, 2.45) is 0 Å². The summed E-state index contributed by atoms with van der Waals surface area (Å²) in [5.41, 5.74) is 9.72. The number of fused-ring (bicyclic) bond motifs is 4. The van der Waals surface area contributed by atoms with Crippen molar-refractivity contribution in [1.29, 1.82) is 0 Å². The Labute approximate surface area is 282 Å². The van der Waals surface area contributed by atoms with Crippen LogP contribution in [-0.4, -0.2) is 111 Å². The second-order valence-electron chi connectivity index (χ2n) is 14.4. The predicted molar refractivity (Wildman–Crippen MR) is 184 cm³/mol. The molecule has 5 fully saturated rings. The second-order valence-corrected chi connectivity index (χ2v) is 14.4. The number of benzene rings is 1. The Balaban J connectivity index is 0.873. The van der Waals surface area contributed by atoms with E-state index in [4.69, 9.17) is 20.4 Å². The first kappa shape index (κ1) is 31.3. The lowest BCUT2D eigenvalue weighted by atomic mass is 9.82. The van der Waals surface area contributed by atoms with Crippen molar-refractivity contribution >= 4 is 23.4 Å². The highest BCUT2D eigenvalue weighted by Crippen LogP contribution is 2.40. The van der Waals surface area contributed by atoms with E-state index in [1.807, 2.05) is 25.1 Å². The number of hydrogen-bond acceptors (Lipinski definition) is 12. The van der Waals surface area contributed by atoms with Crippen LogP contribution in [0, 0.1) is 0 Å². The molecule has 4 atom stereocenters. The van der Waals surface area contributed by atoms with Crippen LogP contribution in [0.1, 0.15) is 69.8 Å². The quantitative estimate of drug-likeness (QED) is 0.342. The fourth-order valence-electron chi connectivity index (χ4n) is 9.28. The third-order valence-corrected chi connectivity index (χ3v) is 11.7. The highest BCUT2D eigenvalue weighted by atomic mass is 16.5. The SMILES string of the molecule is CCOC(=O)CN1C2CCC1CN(C1CCC(c3cnc(N4C5CC[C@@H]4CN(c4cc(-c6ccccc6O)nnc4N)C5)nc3)CC1)C2. The summed E-state index contributed by atoms with van der Waals surface area (Å²) in [4.78, 5) is 31.9. The zero-order chi connectivity index (χ0) is 32.8. The molecule has 3 N–H and O–H groups in total. The molecule has 1 aromatic carbocycles. The normalized spacial score (nSPS) is 28.9. The molecule has 12 heteroatoms. The lowest BCUT2D eigenvalue weighted by molar-refractivity contribution is -0.146. The summed E-state index contributed by atoms with van der Waals surface area (Å²) in [7, 11) is 0. The predicted octanol–water partition coefficient (Wildman–Crippen LogP) is 3.82. The maximum Gasteiger partial charge on any atom is 0.320 e. The smallest absolute Gasteiger partial charge is 0.320 e. The summed E-state index contributed by atoms with van der Waals surface area (Å²) in [5, 5.41) is 18.9. The van der Waals surface area contributed by atoms with E-state index in [1.54, 1.807) is 12.1 Å². The molecular formula is C36H47N9O3. The number of para-hydroxylation sites is 1. The van der Waals surface area contributed by atoms with Crippen LogP contribution in [0.25, 0.3) is 11.3 Å². The van der Waals surface area contributed by atoms with E-state index in [2.05, 4.69) is 42.2 Å². The van der Waals surface area contributed by atoms with Crippen LogP contribution >= 0.6 is 0 Å². The van der Waals surface area contributed by atoms with Gasteiger partial charge in [-0.3, -0.25) is 14.6 Å². The molecule has 254 valence electrons. The molecule has 6 heterocycles. The number of likely N-dealkylation sites (tertiary alicyclic amines) is 1. The van der Waals surface area contributed by atoms with Gasteiger partial charge in [-0.1, -0.05) is 12.1 Å². The fraction of sp³-hybridized carbons (Fsp3) is 0.583. The summed E-state index contributed by atoms with van der Waals surface area (Å²) in [5.74, 6) is 1.83. The maximum absolute atomic E-state index is 12.2. The maximum atomic E-state index is 12.2. The largest absolute Gasteiger partial charge is 0.507 e. The van der Waals surface area contributed by atoms with Crippen molar-refractivity contribution in [2.45, 2.75) is 94.4 Å². The molecular weight excluding hydrogens is 606 g/mol. The number of carbonyl (C=O) groups excluding carboxylic acids is 1. The molecule has 12 nitrogen and oxygen atoms in total. The fourth-order valence-corrected chi connectivity index (χ4v) is 9.28. The van der Waals surface area contributed by atoms with E-state index in [-0.39, 0.29) is 11.7 Å². The highest BCUT2D eigenvalue weighted by Gasteiger charge is 2.44. The van der Waals surface area contributed by atoms with Crippen molar-refractivity contribution in [3.05, 3.63) is 48.3 Å². The van der Waals surface area contributed by atoms with E-state index in [0.717, 1.165) is 50.7 Å². The first-order valence-corrected chi connectivity index (χ1v) is 17.9. The topological polar surface area (TPSA) is 137 Å². The second kappa shape index (κ2) is 13.1. The minimum Gasteiger partial charge on any atom is -0.507 e.